The van der Waals surface area contributed by atoms with E-state index in [0.29, 0.717) is 25.7 Å². The normalized spacial score (nSPS) is 27.2. The Morgan fingerprint density at radius 2 is 2.06 bits per heavy atom. The van der Waals surface area contributed by atoms with Crippen LogP contribution in [0.3, 0.4) is 0 Å². The number of methoxy groups -OCH3 is 1. The number of hydrogen-bond donors (Lipinski definition) is 0. The Morgan fingerprint density at radius 3 is 2.56 bits per heavy atom. The van der Waals surface area contributed by atoms with Crippen LogP contribution in [0, 0.1) is 5.92 Å². The summed E-state index contributed by atoms with van der Waals surface area (Å²) in [6, 6.07) is 0.161. The largest absolute Gasteiger partial charge is 0.441 e. The molecule has 0 aliphatic carbocycles. The molecule has 106 valence electrons. The average molecular weight is 259 g/mol. The van der Waals surface area contributed by atoms with Gasteiger partial charge in [0.1, 0.15) is 0 Å². The Balaban J connectivity index is 0.000000771. The van der Waals surface area contributed by atoms with Crippen LogP contribution in [0.2, 0.25) is 0 Å². The molecule has 2 atom stereocenters. The van der Waals surface area contributed by atoms with Gasteiger partial charge >= 0.3 is 6.09 Å². The van der Waals surface area contributed by atoms with E-state index in [9.17, 15) is 4.79 Å². The number of carbonyl (C=O) groups excluding carboxylic acids is 1. The van der Waals surface area contributed by atoms with Crippen LogP contribution in [0.25, 0.3) is 0 Å². The number of likely N-dealkylation sites (tertiary alicyclic amines) is 1. The maximum atomic E-state index is 11.9. The fourth-order valence-corrected chi connectivity index (χ4v) is 2.22. The minimum Gasteiger partial charge on any atom is -0.441 e. The Morgan fingerprint density at radius 1 is 1.39 bits per heavy atom. The summed E-state index contributed by atoms with van der Waals surface area (Å²) in [6.45, 7) is 8.55. The van der Waals surface area contributed by atoms with Gasteiger partial charge in [-0.25, -0.2) is 4.79 Å². The predicted octanol–water partition coefficient (Wildman–Crippen LogP) is 1.90. The van der Waals surface area contributed by atoms with Gasteiger partial charge in [0.25, 0.3) is 0 Å². The lowest BCUT2D eigenvalue weighted by molar-refractivity contribution is -0.106. The van der Waals surface area contributed by atoms with Crippen molar-refractivity contribution in [2.45, 2.75) is 39.3 Å². The molecule has 0 radical (unpaired) electrons. The summed E-state index contributed by atoms with van der Waals surface area (Å²) in [7, 11) is 1.66. The van der Waals surface area contributed by atoms with E-state index in [4.69, 9.17) is 14.2 Å². The number of hydrogen-bond acceptors (Lipinski definition) is 4. The van der Waals surface area contributed by atoms with Crippen molar-refractivity contribution in [3.8, 4) is 0 Å². The molecular formula is C13H25NO4. The lowest BCUT2D eigenvalue weighted by Gasteiger charge is -2.30. The van der Waals surface area contributed by atoms with Crippen molar-refractivity contribution in [1.29, 1.82) is 0 Å². The molecule has 0 aromatic heterocycles. The molecule has 0 aromatic rings. The average Bonchev–Trinajstić information content (AvgIpc) is 2.68. The van der Waals surface area contributed by atoms with Crippen molar-refractivity contribution in [3.63, 3.8) is 0 Å². The predicted molar refractivity (Wildman–Crippen MR) is 68.6 cm³/mol. The van der Waals surface area contributed by atoms with Crippen LogP contribution in [0.1, 0.15) is 27.2 Å². The van der Waals surface area contributed by atoms with Crippen molar-refractivity contribution in [1.82, 2.24) is 4.90 Å². The Kier molecular flexibility index (Phi) is 6.43. The minimum atomic E-state index is -0.222. The summed E-state index contributed by atoms with van der Waals surface area (Å²) in [5.41, 5.74) is 0. The van der Waals surface area contributed by atoms with Gasteiger partial charge < -0.3 is 19.1 Å². The summed E-state index contributed by atoms with van der Waals surface area (Å²) >= 11 is 0. The zero-order valence-corrected chi connectivity index (χ0v) is 11.8. The first-order valence-electron chi connectivity index (χ1n) is 6.74. The van der Waals surface area contributed by atoms with Crippen LogP contribution in [0.15, 0.2) is 0 Å². The molecular weight excluding hydrogens is 234 g/mol. The van der Waals surface area contributed by atoms with E-state index in [1.165, 1.54) is 0 Å². The van der Waals surface area contributed by atoms with E-state index >= 15 is 0 Å². The molecule has 5 nitrogen and oxygen atoms in total. The van der Waals surface area contributed by atoms with E-state index in [1.54, 1.807) is 12.0 Å². The zero-order chi connectivity index (χ0) is 13.5. The smallest absolute Gasteiger partial charge is 0.410 e. The number of carbonyl (C=O) groups is 1. The highest BCUT2D eigenvalue weighted by atomic mass is 16.6. The van der Waals surface area contributed by atoms with Crippen LogP contribution in [0.4, 0.5) is 4.79 Å². The van der Waals surface area contributed by atoms with Crippen molar-refractivity contribution in [3.05, 3.63) is 0 Å². The van der Waals surface area contributed by atoms with E-state index < -0.39 is 0 Å². The lowest BCUT2D eigenvalue weighted by Crippen LogP contribution is -2.45. The second kappa shape index (κ2) is 7.59. The molecule has 18 heavy (non-hydrogen) atoms. The molecule has 0 saturated carbocycles. The molecule has 2 aliphatic heterocycles. The van der Waals surface area contributed by atoms with Crippen LogP contribution in [-0.4, -0.2) is 56.6 Å². The van der Waals surface area contributed by atoms with Crippen molar-refractivity contribution < 1.29 is 19.0 Å². The minimum absolute atomic E-state index is 0.0494. The zero-order valence-electron chi connectivity index (χ0n) is 11.8. The fraction of sp³-hybridized carbons (Fsp3) is 0.923. The second-order valence-electron chi connectivity index (χ2n) is 4.65. The number of nitrogens with zero attached hydrogens (tertiary/aromatic N) is 1. The first-order valence-corrected chi connectivity index (χ1v) is 6.74. The highest BCUT2D eigenvalue weighted by molar-refractivity contribution is 5.68. The quantitative estimate of drug-likeness (QED) is 0.776. The third-order valence-electron chi connectivity index (χ3n) is 3.09. The first-order chi connectivity index (χ1) is 8.70. The van der Waals surface area contributed by atoms with Gasteiger partial charge in [-0.1, -0.05) is 20.8 Å². The topological polar surface area (TPSA) is 48.0 Å². The summed E-state index contributed by atoms with van der Waals surface area (Å²) in [5, 5.41) is 0. The standard InChI is InChI=1S/C11H19NO4.C2H6/c1-8-3-9(5-14-2)12(4-8)11(13)16-10-6-15-7-10;1-2/h8-10H,3-7H2,1-2H3;1-2H3. The molecule has 0 spiro atoms. The number of amides is 1. The van der Waals surface area contributed by atoms with Gasteiger partial charge in [0.2, 0.25) is 0 Å². The summed E-state index contributed by atoms with van der Waals surface area (Å²) in [6.07, 6.45) is 0.718. The highest BCUT2D eigenvalue weighted by Crippen LogP contribution is 2.24. The van der Waals surface area contributed by atoms with Gasteiger partial charge in [0.05, 0.1) is 25.9 Å². The maximum Gasteiger partial charge on any atom is 0.410 e. The lowest BCUT2D eigenvalue weighted by atomic mass is 10.1. The van der Waals surface area contributed by atoms with Gasteiger partial charge in [-0.05, 0) is 12.3 Å². The molecule has 2 aliphatic rings. The molecule has 5 heteroatoms. The van der Waals surface area contributed by atoms with Crippen LogP contribution in [0.5, 0.6) is 0 Å². The molecule has 2 unspecified atom stereocenters. The Hall–Kier alpha value is -0.810. The molecule has 2 fully saturated rings. The summed E-state index contributed by atoms with van der Waals surface area (Å²) < 4.78 is 15.4. The van der Waals surface area contributed by atoms with Gasteiger partial charge in [-0.2, -0.15) is 0 Å². The van der Waals surface area contributed by atoms with Gasteiger partial charge in [-0.3, -0.25) is 0 Å². The molecule has 2 rings (SSSR count). The third-order valence-corrected chi connectivity index (χ3v) is 3.09. The van der Waals surface area contributed by atoms with E-state index in [1.807, 2.05) is 13.8 Å². The van der Waals surface area contributed by atoms with Crippen molar-refractivity contribution in [2.75, 3.05) is 33.5 Å². The van der Waals surface area contributed by atoms with Crippen LogP contribution >= 0.6 is 0 Å². The number of rotatable bonds is 3. The number of ether oxygens (including phenoxy) is 3. The van der Waals surface area contributed by atoms with Gasteiger partial charge in [-0.15, -0.1) is 0 Å². The van der Waals surface area contributed by atoms with E-state index in [2.05, 4.69) is 6.92 Å². The Labute approximate surface area is 109 Å². The second-order valence-corrected chi connectivity index (χ2v) is 4.65. The molecule has 0 N–H and O–H groups in total. The summed E-state index contributed by atoms with van der Waals surface area (Å²) in [5.74, 6) is 0.519. The molecule has 0 aromatic carbocycles. The third kappa shape index (κ3) is 3.85. The van der Waals surface area contributed by atoms with E-state index in [-0.39, 0.29) is 18.2 Å². The molecule has 0 bridgehead atoms. The SMILES string of the molecule is CC.COCC1CC(C)CN1C(=O)OC1COC1. The van der Waals surface area contributed by atoms with Gasteiger partial charge in [0, 0.05) is 13.7 Å². The van der Waals surface area contributed by atoms with Crippen molar-refractivity contribution >= 4 is 6.09 Å². The van der Waals surface area contributed by atoms with Gasteiger partial charge in [0.15, 0.2) is 6.10 Å². The fourth-order valence-electron chi connectivity index (χ4n) is 2.22. The monoisotopic (exact) mass is 259 g/mol. The molecule has 2 saturated heterocycles. The van der Waals surface area contributed by atoms with Crippen LogP contribution < -0.4 is 0 Å². The van der Waals surface area contributed by atoms with Crippen LogP contribution in [-0.2, 0) is 14.2 Å². The highest BCUT2D eigenvalue weighted by Gasteiger charge is 2.36. The Bertz CT molecular complexity index is 255. The summed E-state index contributed by atoms with van der Waals surface area (Å²) in [4.78, 5) is 13.7. The maximum absolute atomic E-state index is 11.9. The molecule has 1 amide bonds. The molecule has 2 heterocycles. The van der Waals surface area contributed by atoms with E-state index in [0.717, 1.165) is 13.0 Å². The first kappa shape index (κ1) is 15.2. The van der Waals surface area contributed by atoms with Crippen molar-refractivity contribution in [2.24, 2.45) is 5.92 Å².